The van der Waals surface area contributed by atoms with Crippen LogP contribution in [0.4, 0.5) is 0 Å². The van der Waals surface area contributed by atoms with E-state index in [2.05, 4.69) is 102 Å². The van der Waals surface area contributed by atoms with Crippen molar-refractivity contribution in [2.75, 3.05) is 0 Å². The van der Waals surface area contributed by atoms with Crippen LogP contribution in [0, 0.1) is 6.92 Å². The van der Waals surface area contributed by atoms with Gasteiger partial charge in [0, 0.05) is 46.0 Å². The van der Waals surface area contributed by atoms with E-state index in [4.69, 9.17) is 0 Å². The molecule has 186 valence electrons. The van der Waals surface area contributed by atoms with Gasteiger partial charge in [-0.15, -0.1) is 0 Å². The molecule has 0 atom stereocenters. The second-order valence-corrected chi connectivity index (χ2v) is 8.74. The monoisotopic (exact) mass is 487 g/mol. The summed E-state index contributed by atoms with van der Waals surface area (Å²) in [5, 5.41) is 12.2. The third-order valence-corrected chi connectivity index (χ3v) is 6.30. The zero-order valence-electron chi connectivity index (χ0n) is 21.7. The molecule has 5 nitrogen and oxygen atoms in total. The van der Waals surface area contributed by atoms with Crippen molar-refractivity contribution in [1.82, 2.24) is 25.5 Å². The number of rotatable bonds is 10. The molecular weight excluding hydrogens is 454 g/mol. The molecule has 0 saturated heterocycles. The molecule has 0 radical (unpaired) electrons. The molecular formula is C32H33N5. The summed E-state index contributed by atoms with van der Waals surface area (Å²) in [4.78, 5) is 7.84. The Bertz CT molecular complexity index is 1540. The molecule has 1 aromatic carbocycles. The second kappa shape index (κ2) is 11.4. The van der Waals surface area contributed by atoms with Gasteiger partial charge in [-0.3, -0.25) is 10.1 Å². The van der Waals surface area contributed by atoms with Crippen molar-refractivity contribution in [3.63, 3.8) is 0 Å². The predicted molar refractivity (Wildman–Crippen MR) is 157 cm³/mol. The van der Waals surface area contributed by atoms with Crippen LogP contribution in [0.25, 0.3) is 33.4 Å². The maximum Gasteiger partial charge on any atom is 0.116 e. The summed E-state index contributed by atoms with van der Waals surface area (Å²) in [6, 6.07) is 12.5. The zero-order valence-corrected chi connectivity index (χ0v) is 21.7. The van der Waals surface area contributed by atoms with Gasteiger partial charge in [0.15, 0.2) is 0 Å². The summed E-state index contributed by atoms with van der Waals surface area (Å²) in [5.74, 6) is 0. The summed E-state index contributed by atoms with van der Waals surface area (Å²) in [7, 11) is 0. The van der Waals surface area contributed by atoms with Crippen LogP contribution < -0.4 is 5.32 Å². The Morgan fingerprint density at radius 2 is 1.97 bits per heavy atom. The van der Waals surface area contributed by atoms with Gasteiger partial charge < -0.3 is 10.3 Å². The Hall–Kier alpha value is -4.64. The van der Waals surface area contributed by atoms with Crippen molar-refractivity contribution >= 4 is 22.0 Å². The van der Waals surface area contributed by atoms with Crippen LogP contribution in [-0.4, -0.2) is 20.2 Å². The Morgan fingerprint density at radius 3 is 2.65 bits per heavy atom. The number of aromatic nitrogens is 4. The van der Waals surface area contributed by atoms with E-state index in [9.17, 15) is 0 Å². The van der Waals surface area contributed by atoms with Crippen LogP contribution >= 0.6 is 0 Å². The summed E-state index contributed by atoms with van der Waals surface area (Å²) >= 11 is 0. The SMILES string of the molecule is C=C/C=C(/c1cccnc1)c1cc(-c2n[nH]c3ccc(C(/C=C(\C=C)NC(=C)CC)=C/C)cc23)[nH]c1C. The summed E-state index contributed by atoms with van der Waals surface area (Å²) in [6.45, 7) is 18.1. The molecule has 0 aliphatic carbocycles. The highest BCUT2D eigenvalue weighted by Crippen LogP contribution is 2.34. The molecule has 0 spiro atoms. The largest absolute Gasteiger partial charge is 0.359 e. The van der Waals surface area contributed by atoms with Crippen molar-refractivity contribution < 1.29 is 0 Å². The molecule has 4 aromatic rings. The highest BCUT2D eigenvalue weighted by atomic mass is 15.1. The molecule has 0 aliphatic heterocycles. The molecule has 0 saturated carbocycles. The first-order valence-electron chi connectivity index (χ1n) is 12.4. The minimum absolute atomic E-state index is 0.850. The number of aryl methyl sites for hydroxylation is 1. The molecule has 3 heterocycles. The van der Waals surface area contributed by atoms with E-state index in [0.29, 0.717) is 0 Å². The number of nitrogens with zero attached hydrogens (tertiary/aromatic N) is 2. The lowest BCUT2D eigenvalue weighted by Gasteiger charge is -2.10. The van der Waals surface area contributed by atoms with E-state index in [0.717, 1.165) is 73.6 Å². The van der Waals surface area contributed by atoms with Gasteiger partial charge in [0.25, 0.3) is 0 Å². The van der Waals surface area contributed by atoms with E-state index in [1.165, 1.54) is 0 Å². The van der Waals surface area contributed by atoms with E-state index in [1.54, 1.807) is 12.3 Å². The molecule has 0 fully saturated rings. The average Bonchev–Trinajstić information content (AvgIpc) is 3.52. The van der Waals surface area contributed by atoms with E-state index >= 15 is 0 Å². The Kier molecular flexibility index (Phi) is 7.84. The maximum absolute atomic E-state index is 4.67. The number of nitrogens with one attached hydrogen (secondary N) is 3. The molecule has 4 rings (SSSR count). The highest BCUT2D eigenvalue weighted by Gasteiger charge is 2.16. The number of hydrogen-bond donors (Lipinski definition) is 3. The molecule has 0 amide bonds. The minimum atomic E-state index is 0.850. The standard InChI is InChI=1S/C32H33N5/c1-7-12-27(25-13-11-16-33-20-25)28-19-31(35-22(28)6)32-29-18-24(14-15-30(29)36-37-32)23(9-3)17-26(10-4)34-21(5)8-2/h7,9-20,34-35H,1,4-5,8H2,2-3,6H3,(H,36,37)/b23-9+,26-17+,27-12-. The van der Waals surface area contributed by atoms with E-state index in [-0.39, 0.29) is 0 Å². The van der Waals surface area contributed by atoms with Crippen LogP contribution in [0.15, 0.2) is 110 Å². The van der Waals surface area contributed by atoms with Gasteiger partial charge in [-0.25, -0.2) is 0 Å². The molecule has 3 aromatic heterocycles. The van der Waals surface area contributed by atoms with Crippen molar-refractivity contribution in [1.29, 1.82) is 0 Å². The summed E-state index contributed by atoms with van der Waals surface area (Å²) in [6.07, 6.45) is 14.3. The van der Waals surface area contributed by atoms with Crippen LogP contribution in [0.1, 0.15) is 42.7 Å². The number of benzene rings is 1. The smallest absolute Gasteiger partial charge is 0.116 e. The minimum Gasteiger partial charge on any atom is -0.359 e. The first-order chi connectivity index (χ1) is 18.0. The molecule has 0 aliphatic rings. The van der Waals surface area contributed by atoms with Crippen molar-refractivity contribution in [3.8, 4) is 11.4 Å². The normalized spacial score (nSPS) is 12.6. The first kappa shape index (κ1) is 25.5. The van der Waals surface area contributed by atoms with E-state index in [1.807, 2.05) is 31.3 Å². The fraction of sp³-hybridized carbons (Fsp3) is 0.125. The van der Waals surface area contributed by atoms with Gasteiger partial charge in [-0.1, -0.05) is 57.0 Å². The Morgan fingerprint density at radius 1 is 1.14 bits per heavy atom. The number of hydrogen-bond acceptors (Lipinski definition) is 3. The van der Waals surface area contributed by atoms with Crippen LogP contribution in [0.5, 0.6) is 0 Å². The number of allylic oxidation sites excluding steroid dienone is 7. The van der Waals surface area contributed by atoms with E-state index < -0.39 is 0 Å². The highest BCUT2D eigenvalue weighted by molar-refractivity contribution is 5.96. The Labute approximate surface area is 218 Å². The average molecular weight is 488 g/mol. The van der Waals surface area contributed by atoms with Gasteiger partial charge >= 0.3 is 0 Å². The van der Waals surface area contributed by atoms with Gasteiger partial charge in [0.1, 0.15) is 5.69 Å². The van der Waals surface area contributed by atoms with Crippen LogP contribution in [0.2, 0.25) is 0 Å². The van der Waals surface area contributed by atoms with Gasteiger partial charge in [0.05, 0.1) is 11.2 Å². The number of H-pyrrole nitrogens is 2. The van der Waals surface area contributed by atoms with Crippen molar-refractivity contribution in [2.24, 2.45) is 0 Å². The Balaban J connectivity index is 1.76. The van der Waals surface area contributed by atoms with Gasteiger partial charge in [0.2, 0.25) is 0 Å². The number of fused-ring (bicyclic) bond motifs is 1. The van der Waals surface area contributed by atoms with Gasteiger partial charge in [-0.2, -0.15) is 5.10 Å². The molecule has 0 unspecified atom stereocenters. The molecule has 5 heteroatoms. The summed E-state index contributed by atoms with van der Waals surface area (Å²) in [5.41, 5.74) is 11.1. The molecule has 0 bridgehead atoms. The number of pyridine rings is 1. The quantitative estimate of drug-likeness (QED) is 0.199. The predicted octanol–water partition coefficient (Wildman–Crippen LogP) is 7.87. The first-order valence-corrected chi connectivity index (χ1v) is 12.4. The topological polar surface area (TPSA) is 69.4 Å². The van der Waals surface area contributed by atoms with Gasteiger partial charge in [-0.05, 0) is 73.4 Å². The fourth-order valence-corrected chi connectivity index (χ4v) is 4.29. The van der Waals surface area contributed by atoms with Crippen molar-refractivity contribution in [2.45, 2.75) is 27.2 Å². The third kappa shape index (κ3) is 5.46. The number of aromatic amines is 2. The van der Waals surface area contributed by atoms with Crippen LogP contribution in [-0.2, 0) is 0 Å². The lowest BCUT2D eigenvalue weighted by Crippen LogP contribution is -2.09. The fourth-order valence-electron chi connectivity index (χ4n) is 4.29. The summed E-state index contributed by atoms with van der Waals surface area (Å²) < 4.78 is 0. The molecule has 37 heavy (non-hydrogen) atoms. The maximum atomic E-state index is 4.67. The van der Waals surface area contributed by atoms with Crippen LogP contribution in [0.3, 0.4) is 0 Å². The lowest BCUT2D eigenvalue weighted by molar-refractivity contribution is 0.921. The lowest BCUT2D eigenvalue weighted by atomic mass is 9.98. The molecule has 3 N–H and O–H groups in total. The second-order valence-electron chi connectivity index (χ2n) is 8.74. The van der Waals surface area contributed by atoms with Crippen molar-refractivity contribution in [3.05, 3.63) is 133 Å². The zero-order chi connectivity index (χ0) is 26.4. The third-order valence-electron chi connectivity index (χ3n) is 6.30.